The van der Waals surface area contributed by atoms with E-state index in [0.29, 0.717) is 25.6 Å². The van der Waals surface area contributed by atoms with Gasteiger partial charge in [0, 0.05) is 57.0 Å². The molecule has 0 radical (unpaired) electrons. The fourth-order valence-electron chi connectivity index (χ4n) is 2.96. The average Bonchev–Trinajstić information content (AvgIpc) is 2.71. The molecule has 30 heavy (non-hydrogen) atoms. The summed E-state index contributed by atoms with van der Waals surface area (Å²) in [6.45, 7) is 0.460. The number of carbonyl (C=O) groups excluding carboxylic acids is 1. The van der Waals surface area contributed by atoms with Crippen LogP contribution in [0.15, 0.2) is 46.4 Å². The molecule has 0 bridgehead atoms. The number of halogens is 2. The quantitative estimate of drug-likeness (QED) is 0.564. The van der Waals surface area contributed by atoms with Gasteiger partial charge in [0.05, 0.1) is 0 Å². The predicted molar refractivity (Wildman–Crippen MR) is 104 cm³/mol. The third-order valence-electron chi connectivity index (χ3n) is 4.53. The van der Waals surface area contributed by atoms with Crippen LogP contribution >= 0.6 is 0 Å². The van der Waals surface area contributed by atoms with Crippen molar-refractivity contribution in [1.82, 2.24) is 14.3 Å². The molecule has 2 aromatic heterocycles. The van der Waals surface area contributed by atoms with Crippen LogP contribution in [0.5, 0.6) is 5.75 Å². The van der Waals surface area contributed by atoms with Crippen molar-refractivity contribution in [2.75, 3.05) is 13.7 Å². The molecule has 0 aliphatic carbocycles. The van der Waals surface area contributed by atoms with E-state index < -0.39 is 39.8 Å². The number of pyridine rings is 1. The normalized spacial score (nSPS) is 11.0. The van der Waals surface area contributed by atoms with Gasteiger partial charge in [-0.25, -0.2) is 8.78 Å². The van der Waals surface area contributed by atoms with Gasteiger partial charge in [0.2, 0.25) is 5.43 Å². The zero-order valence-corrected chi connectivity index (χ0v) is 16.0. The molecule has 0 saturated carbocycles. The molecule has 0 aliphatic rings. The predicted octanol–water partition coefficient (Wildman–Crippen LogP) is 1.41. The van der Waals surface area contributed by atoms with E-state index in [9.17, 15) is 28.3 Å². The summed E-state index contributed by atoms with van der Waals surface area (Å²) in [5, 5.41) is 12.6. The molecule has 0 atom stereocenters. The SMILES string of the molecule is COCCCn1ccn2cc(C(=O)NCc3ccc(F)cc3F)c(=O)c(O)c2c1=O. The number of carbonyl (C=O) groups is 1. The molecule has 2 N–H and O–H groups in total. The second-order valence-electron chi connectivity index (χ2n) is 6.54. The van der Waals surface area contributed by atoms with E-state index in [2.05, 4.69) is 5.32 Å². The third-order valence-corrected chi connectivity index (χ3v) is 4.53. The van der Waals surface area contributed by atoms with Crippen molar-refractivity contribution >= 4 is 11.4 Å². The van der Waals surface area contributed by atoms with E-state index in [4.69, 9.17) is 4.74 Å². The van der Waals surface area contributed by atoms with Crippen LogP contribution in [0.4, 0.5) is 8.78 Å². The highest BCUT2D eigenvalue weighted by Gasteiger charge is 2.19. The molecule has 0 aliphatic heterocycles. The number of nitrogens with one attached hydrogen (secondary N) is 1. The molecule has 0 saturated heterocycles. The summed E-state index contributed by atoms with van der Waals surface area (Å²) in [6, 6.07) is 2.89. The Bertz CT molecular complexity index is 1220. The van der Waals surface area contributed by atoms with Crippen LogP contribution < -0.4 is 16.3 Å². The molecule has 0 fully saturated rings. The van der Waals surface area contributed by atoms with E-state index in [0.717, 1.165) is 12.3 Å². The minimum atomic E-state index is -1.03. The number of nitrogens with zero attached hydrogens (tertiary/aromatic N) is 2. The topological polar surface area (TPSA) is 102 Å². The van der Waals surface area contributed by atoms with Gasteiger partial charge in [-0.05, 0) is 12.5 Å². The van der Waals surface area contributed by atoms with Gasteiger partial charge in [0.25, 0.3) is 11.5 Å². The molecule has 2 heterocycles. The number of aryl methyl sites for hydroxylation is 1. The van der Waals surface area contributed by atoms with Crippen molar-refractivity contribution in [2.45, 2.75) is 19.5 Å². The Kier molecular flexibility index (Phi) is 6.26. The smallest absolute Gasteiger partial charge is 0.278 e. The number of methoxy groups -OCH3 is 1. The van der Waals surface area contributed by atoms with E-state index in [-0.39, 0.29) is 17.6 Å². The molecular formula is C20H19F2N3O5. The lowest BCUT2D eigenvalue weighted by Gasteiger charge is -2.11. The number of hydrogen-bond donors (Lipinski definition) is 2. The van der Waals surface area contributed by atoms with Gasteiger partial charge >= 0.3 is 0 Å². The van der Waals surface area contributed by atoms with Crippen molar-refractivity contribution in [1.29, 1.82) is 0 Å². The van der Waals surface area contributed by atoms with Crippen LogP contribution in [-0.2, 0) is 17.8 Å². The Hall–Kier alpha value is -3.53. The lowest BCUT2D eigenvalue weighted by atomic mass is 10.2. The van der Waals surface area contributed by atoms with Gasteiger partial charge in [0.15, 0.2) is 11.3 Å². The number of rotatable bonds is 7. The largest absolute Gasteiger partial charge is 0.503 e. The van der Waals surface area contributed by atoms with Gasteiger partial charge in [-0.1, -0.05) is 6.07 Å². The number of aromatic hydroxyl groups is 1. The van der Waals surface area contributed by atoms with E-state index >= 15 is 0 Å². The third kappa shape index (κ3) is 4.23. The highest BCUT2D eigenvalue weighted by atomic mass is 19.1. The van der Waals surface area contributed by atoms with Crippen molar-refractivity contribution < 1.29 is 23.4 Å². The maximum atomic E-state index is 13.7. The average molecular weight is 419 g/mol. The number of fused-ring (bicyclic) bond motifs is 1. The summed E-state index contributed by atoms with van der Waals surface area (Å²) in [4.78, 5) is 37.4. The molecule has 158 valence electrons. The number of ether oxygens (including phenoxy) is 1. The first-order valence-electron chi connectivity index (χ1n) is 9.02. The van der Waals surface area contributed by atoms with Crippen molar-refractivity contribution in [3.63, 3.8) is 0 Å². The Morgan fingerprint density at radius 2 is 2.00 bits per heavy atom. The zero-order valence-electron chi connectivity index (χ0n) is 16.0. The minimum Gasteiger partial charge on any atom is -0.503 e. The molecule has 8 nitrogen and oxygen atoms in total. The fourth-order valence-corrected chi connectivity index (χ4v) is 2.96. The van der Waals surface area contributed by atoms with Crippen LogP contribution in [0.25, 0.3) is 5.52 Å². The van der Waals surface area contributed by atoms with Crippen LogP contribution in [0.3, 0.4) is 0 Å². The molecule has 10 heteroatoms. The molecular weight excluding hydrogens is 400 g/mol. The number of aromatic nitrogens is 2. The summed E-state index contributed by atoms with van der Waals surface area (Å²) >= 11 is 0. The lowest BCUT2D eigenvalue weighted by molar-refractivity contribution is 0.0948. The van der Waals surface area contributed by atoms with Crippen LogP contribution in [-0.4, -0.2) is 33.7 Å². The van der Waals surface area contributed by atoms with Gasteiger partial charge in [0.1, 0.15) is 17.2 Å². The maximum Gasteiger partial charge on any atom is 0.278 e. The first-order valence-corrected chi connectivity index (χ1v) is 9.02. The van der Waals surface area contributed by atoms with E-state index in [1.807, 2.05) is 0 Å². The first-order chi connectivity index (χ1) is 14.3. The lowest BCUT2D eigenvalue weighted by Crippen LogP contribution is -2.31. The molecule has 1 amide bonds. The van der Waals surface area contributed by atoms with E-state index in [1.54, 1.807) is 0 Å². The molecule has 1 aromatic carbocycles. The number of hydrogen-bond acceptors (Lipinski definition) is 5. The highest BCUT2D eigenvalue weighted by molar-refractivity contribution is 5.94. The number of benzene rings is 1. The Labute approximate surface area is 169 Å². The second kappa shape index (κ2) is 8.87. The second-order valence-corrected chi connectivity index (χ2v) is 6.54. The van der Waals surface area contributed by atoms with Crippen LogP contribution in [0.2, 0.25) is 0 Å². The van der Waals surface area contributed by atoms with Gasteiger partial charge < -0.3 is 24.1 Å². The summed E-state index contributed by atoms with van der Waals surface area (Å²) in [7, 11) is 1.53. The summed E-state index contributed by atoms with van der Waals surface area (Å²) < 4.78 is 34.1. The van der Waals surface area contributed by atoms with Gasteiger partial charge in [-0.3, -0.25) is 14.4 Å². The van der Waals surface area contributed by atoms with Crippen LogP contribution in [0, 0.1) is 11.6 Å². The standard InChI is InChI=1S/C20H19F2N3O5/c1-30-8-2-5-24-6-7-25-11-14(17(26)18(27)16(25)20(24)29)19(28)23-10-12-3-4-13(21)9-15(12)22/h3-4,6-7,9,11,27H,2,5,8,10H2,1H3,(H,23,28). The summed E-state index contributed by atoms with van der Waals surface area (Å²) in [5.41, 5.74) is -2.29. The van der Waals surface area contributed by atoms with Gasteiger partial charge in [-0.15, -0.1) is 0 Å². The van der Waals surface area contributed by atoms with E-state index in [1.165, 1.54) is 34.5 Å². The first kappa shape index (κ1) is 21.2. The Morgan fingerprint density at radius 3 is 2.70 bits per heavy atom. The zero-order chi connectivity index (χ0) is 21.8. The molecule has 3 aromatic rings. The monoisotopic (exact) mass is 419 g/mol. The Balaban J connectivity index is 1.90. The fraction of sp³-hybridized carbons (Fsp3) is 0.250. The number of amides is 1. The molecule has 0 spiro atoms. The van der Waals surface area contributed by atoms with Crippen molar-refractivity contribution in [2.24, 2.45) is 0 Å². The molecule has 0 unspecified atom stereocenters. The molecule has 3 rings (SSSR count). The van der Waals surface area contributed by atoms with Gasteiger partial charge in [-0.2, -0.15) is 0 Å². The summed E-state index contributed by atoms with van der Waals surface area (Å²) in [5.74, 6) is -3.34. The van der Waals surface area contributed by atoms with Crippen molar-refractivity contribution in [3.05, 3.63) is 80.1 Å². The van der Waals surface area contributed by atoms with Crippen molar-refractivity contribution in [3.8, 4) is 5.75 Å². The van der Waals surface area contributed by atoms with Crippen LogP contribution in [0.1, 0.15) is 22.3 Å². The minimum absolute atomic E-state index is 0.0220. The Morgan fingerprint density at radius 1 is 1.23 bits per heavy atom. The highest BCUT2D eigenvalue weighted by Crippen LogP contribution is 2.12. The summed E-state index contributed by atoms with van der Waals surface area (Å²) in [6.07, 6.45) is 4.57. The maximum absolute atomic E-state index is 13.7.